The standard InChI is InChI=1S/C7H16O4S.Na.H/c1-2-3-4-7(8)5-6-12(9,10)11;;/h7-8H,2-6H2,1H3,(H,9,10,11);;. The van der Waals surface area contributed by atoms with Crippen molar-refractivity contribution in [3.05, 3.63) is 0 Å². The van der Waals surface area contributed by atoms with Crippen LogP contribution < -0.4 is 0 Å². The molecule has 76 valence electrons. The molecule has 0 aromatic carbocycles. The summed E-state index contributed by atoms with van der Waals surface area (Å²) in [6, 6.07) is 0. The summed E-state index contributed by atoms with van der Waals surface area (Å²) in [5.41, 5.74) is 0. The first-order chi connectivity index (χ1) is 5.45. The van der Waals surface area contributed by atoms with Gasteiger partial charge in [0.25, 0.3) is 10.1 Å². The predicted octanol–water partition coefficient (Wildman–Crippen LogP) is 0.167. The van der Waals surface area contributed by atoms with Crippen molar-refractivity contribution in [1.82, 2.24) is 0 Å². The third-order valence-electron chi connectivity index (χ3n) is 1.60. The van der Waals surface area contributed by atoms with Gasteiger partial charge in [0.15, 0.2) is 0 Å². The molecule has 0 spiro atoms. The second kappa shape index (κ2) is 8.20. The Morgan fingerprint density at radius 3 is 2.23 bits per heavy atom. The van der Waals surface area contributed by atoms with Gasteiger partial charge in [0, 0.05) is 0 Å². The van der Waals surface area contributed by atoms with E-state index >= 15 is 0 Å². The van der Waals surface area contributed by atoms with Crippen LogP contribution in [0.5, 0.6) is 0 Å². The number of hydrogen-bond acceptors (Lipinski definition) is 3. The van der Waals surface area contributed by atoms with Crippen molar-refractivity contribution in [3.8, 4) is 0 Å². The van der Waals surface area contributed by atoms with Crippen molar-refractivity contribution in [2.24, 2.45) is 0 Å². The van der Waals surface area contributed by atoms with E-state index in [4.69, 9.17) is 9.66 Å². The molecule has 0 aromatic rings. The quantitative estimate of drug-likeness (QED) is 0.494. The van der Waals surface area contributed by atoms with Crippen LogP contribution in [0.4, 0.5) is 0 Å². The van der Waals surface area contributed by atoms with Crippen LogP contribution in [0.15, 0.2) is 0 Å². The average Bonchev–Trinajstić information content (AvgIpc) is 1.95. The Bertz CT molecular complexity index is 203. The molecule has 0 bridgehead atoms. The van der Waals surface area contributed by atoms with Gasteiger partial charge in [-0.15, -0.1) is 0 Å². The average molecular weight is 220 g/mol. The molecular weight excluding hydrogens is 203 g/mol. The van der Waals surface area contributed by atoms with Crippen molar-refractivity contribution >= 4 is 39.7 Å². The topological polar surface area (TPSA) is 74.6 Å². The number of aliphatic hydroxyl groups is 1. The van der Waals surface area contributed by atoms with E-state index in [2.05, 4.69) is 0 Å². The summed E-state index contributed by atoms with van der Waals surface area (Å²) in [4.78, 5) is 0. The van der Waals surface area contributed by atoms with Gasteiger partial charge in [0.1, 0.15) is 0 Å². The molecule has 0 heterocycles. The molecule has 0 rings (SSSR count). The van der Waals surface area contributed by atoms with Crippen molar-refractivity contribution in [2.75, 3.05) is 5.75 Å². The first-order valence-corrected chi connectivity index (χ1v) is 5.70. The van der Waals surface area contributed by atoms with Gasteiger partial charge >= 0.3 is 29.6 Å². The SMILES string of the molecule is CCCCC(O)CCS(=O)(=O)O.[NaH]. The molecule has 6 heteroatoms. The van der Waals surface area contributed by atoms with Crippen molar-refractivity contribution in [2.45, 2.75) is 38.7 Å². The molecule has 13 heavy (non-hydrogen) atoms. The zero-order valence-corrected chi connectivity index (χ0v) is 8.05. The number of unbranched alkanes of at least 4 members (excludes halogenated alkanes) is 1. The van der Waals surface area contributed by atoms with Crippen LogP contribution >= 0.6 is 0 Å². The maximum atomic E-state index is 10.3. The Balaban J connectivity index is 0. The maximum absolute atomic E-state index is 10.3. The zero-order chi connectivity index (χ0) is 9.61. The monoisotopic (exact) mass is 220 g/mol. The summed E-state index contributed by atoms with van der Waals surface area (Å²) in [5, 5.41) is 9.17. The van der Waals surface area contributed by atoms with Gasteiger partial charge in [-0.1, -0.05) is 19.8 Å². The van der Waals surface area contributed by atoms with Crippen LogP contribution in [0.25, 0.3) is 0 Å². The van der Waals surface area contributed by atoms with E-state index in [1.807, 2.05) is 6.92 Å². The molecule has 0 aliphatic heterocycles. The number of hydrogen-bond donors (Lipinski definition) is 2. The molecule has 0 saturated heterocycles. The van der Waals surface area contributed by atoms with Gasteiger partial charge in [0.2, 0.25) is 0 Å². The second-order valence-electron chi connectivity index (χ2n) is 2.87. The molecule has 0 saturated carbocycles. The fourth-order valence-electron chi connectivity index (χ4n) is 0.869. The molecule has 0 amide bonds. The summed E-state index contributed by atoms with van der Waals surface area (Å²) in [6.45, 7) is 2.00. The van der Waals surface area contributed by atoms with Crippen LogP contribution in [0.3, 0.4) is 0 Å². The van der Waals surface area contributed by atoms with E-state index < -0.39 is 16.2 Å². The molecule has 0 aliphatic carbocycles. The number of rotatable bonds is 6. The Kier molecular flexibility index (Phi) is 10.3. The van der Waals surface area contributed by atoms with Gasteiger partial charge < -0.3 is 5.11 Å². The Labute approximate surface area is 102 Å². The van der Waals surface area contributed by atoms with Gasteiger partial charge in [-0.05, 0) is 12.8 Å². The van der Waals surface area contributed by atoms with Gasteiger partial charge in [0.05, 0.1) is 11.9 Å². The third kappa shape index (κ3) is 12.9. The molecule has 0 fully saturated rings. The summed E-state index contributed by atoms with van der Waals surface area (Å²) in [5.74, 6) is -0.349. The fraction of sp³-hybridized carbons (Fsp3) is 1.00. The van der Waals surface area contributed by atoms with Crippen molar-refractivity contribution in [3.63, 3.8) is 0 Å². The normalized spacial score (nSPS) is 13.5. The first kappa shape index (κ1) is 16.3. The van der Waals surface area contributed by atoms with Crippen LogP contribution in [0, 0.1) is 0 Å². The van der Waals surface area contributed by atoms with Crippen molar-refractivity contribution in [1.29, 1.82) is 0 Å². The second-order valence-corrected chi connectivity index (χ2v) is 4.44. The molecule has 4 nitrogen and oxygen atoms in total. The summed E-state index contributed by atoms with van der Waals surface area (Å²) in [6.07, 6.45) is 1.98. The van der Waals surface area contributed by atoms with Crippen LogP contribution in [0.2, 0.25) is 0 Å². The Hall–Kier alpha value is 0.870. The van der Waals surface area contributed by atoms with Gasteiger partial charge in [-0.3, -0.25) is 4.55 Å². The molecule has 1 unspecified atom stereocenters. The molecule has 0 aliphatic rings. The van der Waals surface area contributed by atoms with E-state index in [-0.39, 0.29) is 41.7 Å². The minimum absolute atomic E-state index is 0. The Morgan fingerprint density at radius 1 is 1.31 bits per heavy atom. The van der Waals surface area contributed by atoms with E-state index in [1.54, 1.807) is 0 Å². The fourth-order valence-corrected chi connectivity index (χ4v) is 1.44. The molecule has 0 aromatic heterocycles. The summed E-state index contributed by atoms with van der Waals surface area (Å²) >= 11 is 0. The molecule has 1 atom stereocenters. The minimum atomic E-state index is -3.90. The predicted molar refractivity (Wildman–Crippen MR) is 53.7 cm³/mol. The molecular formula is C7H17NaO4S. The van der Waals surface area contributed by atoms with E-state index in [0.29, 0.717) is 6.42 Å². The number of aliphatic hydroxyl groups excluding tert-OH is 1. The van der Waals surface area contributed by atoms with Gasteiger partial charge in [-0.2, -0.15) is 8.42 Å². The van der Waals surface area contributed by atoms with Gasteiger partial charge in [-0.25, -0.2) is 0 Å². The Morgan fingerprint density at radius 2 is 1.85 bits per heavy atom. The zero-order valence-electron chi connectivity index (χ0n) is 7.23. The van der Waals surface area contributed by atoms with Crippen LogP contribution in [-0.2, 0) is 10.1 Å². The van der Waals surface area contributed by atoms with E-state index in [0.717, 1.165) is 12.8 Å². The summed E-state index contributed by atoms with van der Waals surface area (Å²) in [7, 11) is -3.90. The van der Waals surface area contributed by atoms with E-state index in [1.165, 1.54) is 0 Å². The third-order valence-corrected chi connectivity index (χ3v) is 2.35. The molecule has 0 radical (unpaired) electrons. The molecule has 2 N–H and O–H groups in total. The summed E-state index contributed by atoms with van der Waals surface area (Å²) < 4.78 is 28.9. The first-order valence-electron chi connectivity index (χ1n) is 4.09. The van der Waals surface area contributed by atoms with Crippen LogP contribution in [-0.4, -0.2) is 59.5 Å². The van der Waals surface area contributed by atoms with Crippen molar-refractivity contribution < 1.29 is 18.1 Å². The van der Waals surface area contributed by atoms with E-state index in [9.17, 15) is 8.42 Å². The van der Waals surface area contributed by atoms with Crippen LogP contribution in [0.1, 0.15) is 32.6 Å².